The molecule has 0 spiro atoms. The summed E-state index contributed by atoms with van der Waals surface area (Å²) in [5.74, 6) is 1.87. The standard InChI is InChI=1S/C9H18OS/c1-4-9(10)8(2)6-5-7-11-3/h8H,4-7H2,1-3H3. The summed E-state index contributed by atoms with van der Waals surface area (Å²) in [4.78, 5) is 11.1. The molecule has 0 aliphatic heterocycles. The molecule has 0 heterocycles. The van der Waals surface area contributed by atoms with Gasteiger partial charge in [-0.05, 0) is 24.9 Å². The zero-order valence-electron chi connectivity index (χ0n) is 7.72. The highest BCUT2D eigenvalue weighted by Gasteiger charge is 2.08. The Morgan fingerprint density at radius 3 is 2.64 bits per heavy atom. The summed E-state index contributed by atoms with van der Waals surface area (Å²) in [6, 6.07) is 0. The Labute approximate surface area is 73.9 Å². The zero-order valence-corrected chi connectivity index (χ0v) is 8.54. The van der Waals surface area contributed by atoms with Gasteiger partial charge in [0.15, 0.2) is 0 Å². The number of Topliss-reactive ketones (excluding diaryl/α,β-unsaturated/α-hetero) is 1. The molecule has 0 bridgehead atoms. The van der Waals surface area contributed by atoms with Gasteiger partial charge in [0.1, 0.15) is 5.78 Å². The lowest BCUT2D eigenvalue weighted by Crippen LogP contribution is -2.09. The van der Waals surface area contributed by atoms with Gasteiger partial charge in [0, 0.05) is 12.3 Å². The lowest BCUT2D eigenvalue weighted by Gasteiger charge is -2.07. The molecule has 0 aliphatic rings. The van der Waals surface area contributed by atoms with E-state index in [1.54, 1.807) is 0 Å². The van der Waals surface area contributed by atoms with E-state index in [-0.39, 0.29) is 5.92 Å². The van der Waals surface area contributed by atoms with Crippen LogP contribution in [0.25, 0.3) is 0 Å². The minimum atomic E-state index is 0.284. The Morgan fingerprint density at radius 2 is 2.18 bits per heavy atom. The van der Waals surface area contributed by atoms with Gasteiger partial charge in [-0.1, -0.05) is 13.8 Å². The first-order chi connectivity index (χ1) is 5.22. The topological polar surface area (TPSA) is 17.1 Å². The normalized spacial score (nSPS) is 13.0. The highest BCUT2D eigenvalue weighted by Crippen LogP contribution is 2.10. The Morgan fingerprint density at radius 1 is 1.55 bits per heavy atom. The van der Waals surface area contributed by atoms with Gasteiger partial charge in [0.05, 0.1) is 0 Å². The van der Waals surface area contributed by atoms with Crippen molar-refractivity contribution in [3.05, 3.63) is 0 Å². The van der Waals surface area contributed by atoms with Gasteiger partial charge in [0.25, 0.3) is 0 Å². The van der Waals surface area contributed by atoms with E-state index in [4.69, 9.17) is 0 Å². The molecule has 11 heavy (non-hydrogen) atoms. The summed E-state index contributed by atoms with van der Waals surface area (Å²) in [5.41, 5.74) is 0. The van der Waals surface area contributed by atoms with Crippen molar-refractivity contribution in [3.8, 4) is 0 Å². The first kappa shape index (κ1) is 11.0. The lowest BCUT2D eigenvalue weighted by atomic mass is 9.99. The van der Waals surface area contributed by atoms with Crippen LogP contribution >= 0.6 is 11.8 Å². The van der Waals surface area contributed by atoms with Crippen LogP contribution in [-0.2, 0) is 4.79 Å². The third kappa shape index (κ3) is 5.31. The Bertz CT molecular complexity index is 112. The van der Waals surface area contributed by atoms with E-state index in [1.807, 2.05) is 25.6 Å². The maximum absolute atomic E-state index is 11.1. The molecule has 2 heteroatoms. The zero-order chi connectivity index (χ0) is 8.69. The van der Waals surface area contributed by atoms with Crippen molar-refractivity contribution >= 4 is 17.5 Å². The minimum absolute atomic E-state index is 0.284. The number of carbonyl (C=O) groups is 1. The summed E-state index contributed by atoms with van der Waals surface area (Å²) >= 11 is 1.85. The molecule has 0 radical (unpaired) electrons. The SMILES string of the molecule is CCC(=O)C(C)CCCSC. The fraction of sp³-hybridized carbons (Fsp3) is 0.889. The fourth-order valence-electron chi connectivity index (χ4n) is 1.04. The van der Waals surface area contributed by atoms with Crippen molar-refractivity contribution in [2.24, 2.45) is 5.92 Å². The van der Waals surface area contributed by atoms with Gasteiger partial charge < -0.3 is 0 Å². The van der Waals surface area contributed by atoms with Gasteiger partial charge in [-0.15, -0.1) is 0 Å². The summed E-state index contributed by atoms with van der Waals surface area (Å²) in [6.07, 6.45) is 5.04. The van der Waals surface area contributed by atoms with Crippen LogP contribution in [0.4, 0.5) is 0 Å². The highest BCUT2D eigenvalue weighted by atomic mass is 32.2. The van der Waals surface area contributed by atoms with Crippen molar-refractivity contribution in [3.63, 3.8) is 0 Å². The molecular formula is C9H18OS. The quantitative estimate of drug-likeness (QED) is 0.576. The van der Waals surface area contributed by atoms with Crippen molar-refractivity contribution in [2.75, 3.05) is 12.0 Å². The Hall–Kier alpha value is 0.0200. The van der Waals surface area contributed by atoms with Crippen LogP contribution in [-0.4, -0.2) is 17.8 Å². The van der Waals surface area contributed by atoms with Gasteiger partial charge in [-0.3, -0.25) is 4.79 Å². The van der Waals surface area contributed by atoms with Crippen LogP contribution in [0.5, 0.6) is 0 Å². The smallest absolute Gasteiger partial charge is 0.135 e. The van der Waals surface area contributed by atoms with Crippen LogP contribution in [0.2, 0.25) is 0 Å². The lowest BCUT2D eigenvalue weighted by molar-refractivity contribution is -0.122. The van der Waals surface area contributed by atoms with E-state index in [9.17, 15) is 4.79 Å². The average Bonchev–Trinajstić information content (AvgIpc) is 2.03. The van der Waals surface area contributed by atoms with Crippen LogP contribution in [0.1, 0.15) is 33.1 Å². The molecule has 0 aliphatic carbocycles. The molecule has 0 aromatic heterocycles. The van der Waals surface area contributed by atoms with Crippen molar-refractivity contribution in [1.82, 2.24) is 0 Å². The second kappa shape index (κ2) is 6.71. The third-order valence-electron chi connectivity index (χ3n) is 1.88. The summed E-state index contributed by atoms with van der Waals surface area (Å²) < 4.78 is 0. The number of rotatable bonds is 6. The number of hydrogen-bond acceptors (Lipinski definition) is 2. The Balaban J connectivity index is 3.36. The molecular weight excluding hydrogens is 156 g/mol. The first-order valence-corrected chi connectivity index (χ1v) is 5.63. The predicted octanol–water partition coefficient (Wildman–Crippen LogP) is 2.74. The maximum Gasteiger partial charge on any atom is 0.135 e. The van der Waals surface area contributed by atoms with E-state index in [0.717, 1.165) is 6.42 Å². The molecule has 0 rings (SSSR count). The second-order valence-corrected chi connectivity index (χ2v) is 3.84. The van der Waals surface area contributed by atoms with Crippen molar-refractivity contribution in [2.45, 2.75) is 33.1 Å². The summed E-state index contributed by atoms with van der Waals surface area (Å²) in [7, 11) is 0. The maximum atomic E-state index is 11.1. The van der Waals surface area contributed by atoms with Crippen LogP contribution in [0.15, 0.2) is 0 Å². The molecule has 0 saturated carbocycles. The largest absolute Gasteiger partial charge is 0.299 e. The molecule has 66 valence electrons. The van der Waals surface area contributed by atoms with Gasteiger partial charge in [0.2, 0.25) is 0 Å². The first-order valence-electron chi connectivity index (χ1n) is 4.24. The molecule has 0 amide bonds. The van der Waals surface area contributed by atoms with E-state index in [1.165, 1.54) is 12.2 Å². The van der Waals surface area contributed by atoms with Crippen LogP contribution in [0, 0.1) is 5.92 Å². The monoisotopic (exact) mass is 174 g/mol. The van der Waals surface area contributed by atoms with E-state index in [0.29, 0.717) is 12.2 Å². The average molecular weight is 174 g/mol. The van der Waals surface area contributed by atoms with Crippen molar-refractivity contribution < 1.29 is 4.79 Å². The fourth-order valence-corrected chi connectivity index (χ4v) is 1.50. The van der Waals surface area contributed by atoms with Crippen molar-refractivity contribution in [1.29, 1.82) is 0 Å². The van der Waals surface area contributed by atoms with Gasteiger partial charge in [-0.25, -0.2) is 0 Å². The third-order valence-corrected chi connectivity index (χ3v) is 2.58. The second-order valence-electron chi connectivity index (χ2n) is 2.86. The van der Waals surface area contributed by atoms with E-state index in [2.05, 4.69) is 6.26 Å². The molecule has 0 fully saturated rings. The summed E-state index contributed by atoms with van der Waals surface area (Å²) in [5, 5.41) is 0. The minimum Gasteiger partial charge on any atom is -0.299 e. The van der Waals surface area contributed by atoms with Gasteiger partial charge >= 0.3 is 0 Å². The van der Waals surface area contributed by atoms with Crippen LogP contribution in [0.3, 0.4) is 0 Å². The molecule has 1 atom stereocenters. The van der Waals surface area contributed by atoms with Crippen LogP contribution < -0.4 is 0 Å². The molecule has 0 aromatic carbocycles. The molecule has 0 aromatic rings. The summed E-state index contributed by atoms with van der Waals surface area (Å²) in [6.45, 7) is 3.97. The highest BCUT2D eigenvalue weighted by molar-refractivity contribution is 7.98. The Kier molecular flexibility index (Phi) is 6.73. The molecule has 0 N–H and O–H groups in total. The predicted molar refractivity (Wildman–Crippen MR) is 52.1 cm³/mol. The number of thioether (sulfide) groups is 1. The molecule has 1 nitrogen and oxygen atoms in total. The number of carbonyl (C=O) groups excluding carboxylic acids is 1. The molecule has 1 unspecified atom stereocenters. The number of ketones is 1. The molecule has 0 saturated heterocycles. The van der Waals surface area contributed by atoms with E-state index < -0.39 is 0 Å². The van der Waals surface area contributed by atoms with E-state index >= 15 is 0 Å². The van der Waals surface area contributed by atoms with Gasteiger partial charge in [-0.2, -0.15) is 11.8 Å². The number of hydrogen-bond donors (Lipinski definition) is 0.